The molecule has 5 rings (SSSR count). The van der Waals surface area contributed by atoms with Gasteiger partial charge in [-0.15, -0.1) is 0 Å². The highest BCUT2D eigenvalue weighted by atomic mass is 16.5. The summed E-state index contributed by atoms with van der Waals surface area (Å²) in [5, 5.41) is 12.4. The number of morpholine rings is 1. The molecule has 33 heavy (non-hydrogen) atoms. The summed E-state index contributed by atoms with van der Waals surface area (Å²) < 4.78 is 10.6. The van der Waals surface area contributed by atoms with Crippen molar-refractivity contribution in [2.45, 2.75) is 26.3 Å². The van der Waals surface area contributed by atoms with Gasteiger partial charge in [-0.1, -0.05) is 23.4 Å². The normalized spacial score (nSPS) is 16.2. The van der Waals surface area contributed by atoms with Gasteiger partial charge < -0.3 is 14.2 Å². The Morgan fingerprint density at radius 1 is 1.12 bits per heavy atom. The molecular weight excluding hydrogens is 420 g/mol. The molecule has 9 nitrogen and oxygen atoms in total. The van der Waals surface area contributed by atoms with E-state index >= 15 is 0 Å². The van der Waals surface area contributed by atoms with Gasteiger partial charge in [0.05, 0.1) is 42.9 Å². The maximum Gasteiger partial charge on any atom is 0.256 e. The molecule has 2 aromatic carbocycles. The first-order valence-electron chi connectivity index (χ1n) is 10.8. The van der Waals surface area contributed by atoms with E-state index in [4.69, 9.17) is 9.26 Å². The fourth-order valence-electron chi connectivity index (χ4n) is 4.13. The Morgan fingerprint density at radius 2 is 1.94 bits per heavy atom. The molecule has 0 saturated carbocycles. The van der Waals surface area contributed by atoms with Crippen molar-refractivity contribution in [2.24, 2.45) is 0 Å². The van der Waals surface area contributed by atoms with E-state index in [0.717, 1.165) is 22.3 Å². The zero-order valence-corrected chi connectivity index (χ0v) is 18.5. The summed E-state index contributed by atoms with van der Waals surface area (Å²) in [4.78, 5) is 21.3. The third-order valence-corrected chi connectivity index (χ3v) is 5.98. The van der Waals surface area contributed by atoms with E-state index in [2.05, 4.69) is 20.3 Å². The first kappa shape index (κ1) is 21.0. The number of carbonyl (C=O) groups is 1. The smallest absolute Gasteiger partial charge is 0.256 e. The van der Waals surface area contributed by atoms with Gasteiger partial charge >= 0.3 is 0 Å². The summed E-state index contributed by atoms with van der Waals surface area (Å²) in [5.41, 5.74) is 5.33. The second kappa shape index (κ2) is 8.95. The lowest BCUT2D eigenvalue weighted by molar-refractivity contribution is -0.00165. The van der Waals surface area contributed by atoms with Gasteiger partial charge in [-0.3, -0.25) is 4.79 Å². The first-order chi connectivity index (χ1) is 16.1. The van der Waals surface area contributed by atoms with Gasteiger partial charge in [0.2, 0.25) is 12.2 Å². The van der Waals surface area contributed by atoms with Gasteiger partial charge in [0.1, 0.15) is 0 Å². The molecule has 0 bridgehead atoms. The van der Waals surface area contributed by atoms with Gasteiger partial charge in [-0.2, -0.15) is 20.0 Å². The highest BCUT2D eigenvalue weighted by Crippen LogP contribution is 2.24. The Hall–Kier alpha value is -3.85. The second-order valence-corrected chi connectivity index (χ2v) is 8.16. The Morgan fingerprint density at radius 3 is 2.73 bits per heavy atom. The molecule has 4 aromatic rings. The van der Waals surface area contributed by atoms with E-state index in [1.807, 2.05) is 55.1 Å². The molecule has 2 aromatic heterocycles. The quantitative estimate of drug-likeness (QED) is 0.466. The van der Waals surface area contributed by atoms with E-state index in [9.17, 15) is 4.79 Å². The number of carbonyl (C=O) groups excluding carboxylic acids is 1. The summed E-state index contributed by atoms with van der Waals surface area (Å²) in [6.07, 6.45) is 5.18. The zero-order valence-electron chi connectivity index (χ0n) is 18.5. The number of aromatic nitrogens is 5. The first-order valence-corrected chi connectivity index (χ1v) is 10.8. The fourth-order valence-corrected chi connectivity index (χ4v) is 4.13. The third kappa shape index (κ3) is 4.27. The number of rotatable bonds is 5. The standard InChI is InChI=1S/C24H24N6O3/c1-16-10-21(22(11-17(16)2)30-26-6-7-27-30)24(31)29-8-9-32-14-20(29)13-18-4-3-5-19(12-18)23-25-15-33-28-23/h3-7,10-12,15,20H,8-9,13-14H2,1-2H3. The molecule has 1 atom stereocenters. The van der Waals surface area contributed by atoms with Crippen LogP contribution in [-0.2, 0) is 11.2 Å². The van der Waals surface area contributed by atoms with Crippen LogP contribution in [0.2, 0.25) is 0 Å². The molecule has 168 valence electrons. The Bertz CT molecular complexity index is 1250. The zero-order chi connectivity index (χ0) is 22.8. The predicted octanol–water partition coefficient (Wildman–Crippen LogP) is 3.02. The van der Waals surface area contributed by atoms with Crippen molar-refractivity contribution in [2.75, 3.05) is 19.8 Å². The molecule has 1 aliphatic rings. The van der Waals surface area contributed by atoms with Crippen molar-refractivity contribution < 1.29 is 14.1 Å². The van der Waals surface area contributed by atoms with E-state index < -0.39 is 0 Å². The van der Waals surface area contributed by atoms with E-state index in [1.165, 1.54) is 11.2 Å². The molecular formula is C24H24N6O3. The summed E-state index contributed by atoms with van der Waals surface area (Å²) in [6, 6.07) is 11.8. The average Bonchev–Trinajstić information content (AvgIpc) is 3.55. The van der Waals surface area contributed by atoms with Gasteiger partial charge in [-0.05, 0) is 55.2 Å². The Kier molecular flexibility index (Phi) is 5.70. The summed E-state index contributed by atoms with van der Waals surface area (Å²) >= 11 is 0. The van der Waals surface area contributed by atoms with Crippen LogP contribution in [0, 0.1) is 13.8 Å². The molecule has 1 unspecified atom stereocenters. The Labute approximate surface area is 191 Å². The Balaban J connectivity index is 1.45. The largest absolute Gasteiger partial charge is 0.377 e. The van der Waals surface area contributed by atoms with Gasteiger partial charge in [0.25, 0.3) is 5.91 Å². The van der Waals surface area contributed by atoms with Crippen LogP contribution in [0.5, 0.6) is 0 Å². The summed E-state index contributed by atoms with van der Waals surface area (Å²) in [5.74, 6) is 0.490. The lowest BCUT2D eigenvalue weighted by Crippen LogP contribution is -2.50. The van der Waals surface area contributed by atoms with E-state index in [1.54, 1.807) is 12.4 Å². The highest BCUT2D eigenvalue weighted by Gasteiger charge is 2.30. The number of aryl methyl sites for hydroxylation is 2. The van der Waals surface area contributed by atoms with Crippen LogP contribution in [0.4, 0.5) is 0 Å². The maximum atomic E-state index is 13.8. The van der Waals surface area contributed by atoms with Crippen LogP contribution >= 0.6 is 0 Å². The molecule has 0 N–H and O–H groups in total. The van der Waals surface area contributed by atoms with Crippen LogP contribution in [-0.4, -0.2) is 61.7 Å². The minimum atomic E-state index is -0.105. The molecule has 0 spiro atoms. The summed E-state index contributed by atoms with van der Waals surface area (Å²) in [7, 11) is 0. The van der Waals surface area contributed by atoms with Crippen molar-refractivity contribution in [3.8, 4) is 17.1 Å². The molecule has 3 heterocycles. The van der Waals surface area contributed by atoms with Gasteiger partial charge in [0, 0.05) is 12.1 Å². The minimum absolute atomic E-state index is 0.0481. The summed E-state index contributed by atoms with van der Waals surface area (Å²) in [6.45, 7) is 5.52. The topological polar surface area (TPSA) is 99.2 Å². The molecule has 1 amide bonds. The molecule has 9 heteroatoms. The number of hydrogen-bond acceptors (Lipinski definition) is 7. The van der Waals surface area contributed by atoms with Crippen molar-refractivity contribution in [1.82, 2.24) is 30.0 Å². The monoisotopic (exact) mass is 444 g/mol. The number of benzene rings is 2. The molecule has 1 aliphatic heterocycles. The third-order valence-electron chi connectivity index (χ3n) is 5.98. The number of nitrogens with zero attached hydrogens (tertiary/aromatic N) is 6. The average molecular weight is 444 g/mol. The molecule has 1 saturated heterocycles. The predicted molar refractivity (Wildman–Crippen MR) is 120 cm³/mol. The fraction of sp³-hybridized carbons (Fsp3) is 0.292. The second-order valence-electron chi connectivity index (χ2n) is 8.16. The molecule has 1 fully saturated rings. The lowest BCUT2D eigenvalue weighted by atomic mass is 9.99. The highest BCUT2D eigenvalue weighted by molar-refractivity contribution is 5.98. The number of amides is 1. The molecule has 0 radical (unpaired) electrons. The van der Waals surface area contributed by atoms with E-state index in [0.29, 0.717) is 43.3 Å². The molecule has 0 aliphatic carbocycles. The maximum absolute atomic E-state index is 13.8. The van der Waals surface area contributed by atoms with Crippen molar-refractivity contribution in [3.05, 3.63) is 77.4 Å². The van der Waals surface area contributed by atoms with Crippen LogP contribution in [0.25, 0.3) is 17.1 Å². The van der Waals surface area contributed by atoms with Crippen molar-refractivity contribution in [3.63, 3.8) is 0 Å². The van der Waals surface area contributed by atoms with Crippen LogP contribution in [0.15, 0.2) is 59.7 Å². The van der Waals surface area contributed by atoms with Crippen molar-refractivity contribution in [1.29, 1.82) is 0 Å². The lowest BCUT2D eigenvalue weighted by Gasteiger charge is -2.36. The van der Waals surface area contributed by atoms with Crippen LogP contribution < -0.4 is 0 Å². The van der Waals surface area contributed by atoms with Gasteiger partial charge in [-0.25, -0.2) is 0 Å². The van der Waals surface area contributed by atoms with Gasteiger partial charge in [0.15, 0.2) is 0 Å². The van der Waals surface area contributed by atoms with E-state index in [-0.39, 0.29) is 11.9 Å². The SMILES string of the molecule is Cc1cc(C(=O)N2CCOCC2Cc2cccc(-c3ncon3)c2)c(-n2nccn2)cc1C. The van der Waals surface area contributed by atoms with Crippen molar-refractivity contribution >= 4 is 5.91 Å². The number of hydrogen-bond donors (Lipinski definition) is 0. The van der Waals surface area contributed by atoms with Crippen LogP contribution in [0.3, 0.4) is 0 Å². The van der Waals surface area contributed by atoms with Crippen LogP contribution in [0.1, 0.15) is 27.0 Å². The number of ether oxygens (including phenoxy) is 1. The minimum Gasteiger partial charge on any atom is -0.377 e.